The van der Waals surface area contributed by atoms with Crippen LogP contribution in [0.3, 0.4) is 0 Å². The lowest BCUT2D eigenvalue weighted by Crippen LogP contribution is -2.45. The monoisotopic (exact) mass is 291 g/mol. The predicted molar refractivity (Wildman–Crippen MR) is 85.4 cm³/mol. The van der Waals surface area contributed by atoms with Gasteiger partial charge in [0, 0.05) is 12.6 Å². The Hall–Kier alpha value is -0.840. The Morgan fingerprint density at radius 2 is 1.95 bits per heavy atom. The maximum atomic E-state index is 5.72. The second-order valence-corrected chi connectivity index (χ2v) is 6.61. The van der Waals surface area contributed by atoms with E-state index in [1.807, 2.05) is 12.3 Å². The zero-order valence-electron chi connectivity index (χ0n) is 13.3. The molecule has 0 radical (unpaired) electrons. The topological polar surface area (TPSA) is 31.6 Å². The number of hydrogen-bond acceptors (Lipinski definition) is 4. The lowest BCUT2D eigenvalue weighted by atomic mass is 10.0. The lowest BCUT2D eigenvalue weighted by Gasteiger charge is -2.36. The quantitative estimate of drug-likeness (QED) is 0.903. The molecule has 1 atom stereocenters. The fraction of sp³-hybridized carbons (Fsp3) is 0.765. The van der Waals surface area contributed by atoms with Crippen molar-refractivity contribution in [3.63, 3.8) is 0 Å². The van der Waals surface area contributed by atoms with Gasteiger partial charge in [-0.25, -0.2) is 0 Å². The second-order valence-electron chi connectivity index (χ2n) is 6.61. The van der Waals surface area contributed by atoms with Crippen molar-refractivity contribution in [2.75, 3.05) is 39.8 Å². The van der Waals surface area contributed by atoms with E-state index in [0.717, 1.165) is 12.3 Å². The van der Waals surface area contributed by atoms with Gasteiger partial charge in [-0.1, -0.05) is 6.42 Å². The van der Waals surface area contributed by atoms with Gasteiger partial charge in [-0.05, 0) is 71.0 Å². The molecule has 1 aromatic heterocycles. The zero-order chi connectivity index (χ0) is 14.5. The van der Waals surface area contributed by atoms with E-state index in [-0.39, 0.29) is 0 Å². The van der Waals surface area contributed by atoms with Crippen molar-refractivity contribution in [2.45, 2.75) is 44.2 Å². The van der Waals surface area contributed by atoms with Crippen molar-refractivity contribution in [3.05, 3.63) is 24.2 Å². The maximum absolute atomic E-state index is 5.72. The molecule has 2 aliphatic heterocycles. The summed E-state index contributed by atoms with van der Waals surface area (Å²) in [4.78, 5) is 5.02. The summed E-state index contributed by atoms with van der Waals surface area (Å²) in [6.45, 7) is 5.86. The molecule has 0 amide bonds. The highest BCUT2D eigenvalue weighted by atomic mass is 16.3. The molecule has 3 rings (SSSR count). The average molecular weight is 291 g/mol. The molecule has 2 aliphatic rings. The molecule has 4 nitrogen and oxygen atoms in total. The van der Waals surface area contributed by atoms with E-state index in [9.17, 15) is 0 Å². The Labute approximate surface area is 128 Å². The van der Waals surface area contributed by atoms with Crippen molar-refractivity contribution in [3.8, 4) is 0 Å². The maximum Gasteiger partial charge on any atom is 0.122 e. The first-order valence-corrected chi connectivity index (χ1v) is 8.52. The summed E-state index contributed by atoms with van der Waals surface area (Å²) < 4.78 is 5.72. The Balaban J connectivity index is 1.57. The highest BCUT2D eigenvalue weighted by molar-refractivity contribution is 5.06. The van der Waals surface area contributed by atoms with E-state index in [4.69, 9.17) is 4.42 Å². The van der Waals surface area contributed by atoms with Crippen LogP contribution < -0.4 is 5.32 Å². The van der Waals surface area contributed by atoms with Crippen molar-refractivity contribution < 1.29 is 4.42 Å². The minimum atomic E-state index is 0.403. The normalized spacial score (nSPS) is 24.2. The Morgan fingerprint density at radius 1 is 1.19 bits per heavy atom. The van der Waals surface area contributed by atoms with E-state index < -0.39 is 0 Å². The smallest absolute Gasteiger partial charge is 0.122 e. The molecule has 0 aliphatic carbocycles. The molecule has 1 unspecified atom stereocenters. The molecule has 118 valence electrons. The summed E-state index contributed by atoms with van der Waals surface area (Å²) in [5.41, 5.74) is 0. The van der Waals surface area contributed by atoms with Gasteiger partial charge >= 0.3 is 0 Å². The SMILES string of the molecule is CN1CCC(NCC(c2ccco2)N2CCCCC2)CC1. The van der Waals surface area contributed by atoms with Crippen LogP contribution in [0.15, 0.2) is 22.8 Å². The molecule has 2 fully saturated rings. The van der Waals surface area contributed by atoms with Crippen LogP contribution in [-0.4, -0.2) is 55.6 Å². The number of likely N-dealkylation sites (tertiary alicyclic amines) is 2. The van der Waals surface area contributed by atoms with Crippen LogP contribution in [0.1, 0.15) is 43.9 Å². The molecule has 1 aromatic rings. The molecule has 0 saturated carbocycles. The zero-order valence-corrected chi connectivity index (χ0v) is 13.3. The van der Waals surface area contributed by atoms with Gasteiger partial charge in [0.2, 0.25) is 0 Å². The van der Waals surface area contributed by atoms with Gasteiger partial charge < -0.3 is 14.6 Å². The predicted octanol–water partition coefficient (Wildman–Crippen LogP) is 2.49. The van der Waals surface area contributed by atoms with Crippen LogP contribution in [0.2, 0.25) is 0 Å². The Bertz CT molecular complexity index is 392. The third-order valence-electron chi connectivity index (χ3n) is 5.02. The number of nitrogens with zero attached hydrogens (tertiary/aromatic N) is 2. The fourth-order valence-corrected chi connectivity index (χ4v) is 3.61. The molecule has 21 heavy (non-hydrogen) atoms. The van der Waals surface area contributed by atoms with Crippen LogP contribution >= 0.6 is 0 Å². The average Bonchev–Trinajstić information content (AvgIpc) is 3.05. The summed E-state index contributed by atoms with van der Waals surface area (Å²) in [6.07, 6.45) is 8.37. The van der Waals surface area contributed by atoms with Crippen molar-refractivity contribution in [2.24, 2.45) is 0 Å². The number of nitrogens with one attached hydrogen (secondary N) is 1. The minimum absolute atomic E-state index is 0.403. The second kappa shape index (κ2) is 7.43. The minimum Gasteiger partial charge on any atom is -0.468 e. The Kier molecular flexibility index (Phi) is 5.33. The lowest BCUT2D eigenvalue weighted by molar-refractivity contribution is 0.134. The van der Waals surface area contributed by atoms with E-state index >= 15 is 0 Å². The van der Waals surface area contributed by atoms with Crippen LogP contribution in [0.25, 0.3) is 0 Å². The molecular weight excluding hydrogens is 262 g/mol. The van der Waals surface area contributed by atoms with E-state index in [2.05, 4.69) is 28.2 Å². The van der Waals surface area contributed by atoms with E-state index in [1.165, 1.54) is 58.3 Å². The number of hydrogen-bond donors (Lipinski definition) is 1. The summed E-state index contributed by atoms with van der Waals surface area (Å²) >= 11 is 0. The summed E-state index contributed by atoms with van der Waals surface area (Å²) in [5.74, 6) is 1.12. The van der Waals surface area contributed by atoms with E-state index in [1.54, 1.807) is 0 Å². The van der Waals surface area contributed by atoms with Crippen molar-refractivity contribution in [1.82, 2.24) is 15.1 Å². The van der Waals surface area contributed by atoms with Gasteiger partial charge in [0.05, 0.1) is 12.3 Å². The molecule has 0 spiro atoms. The molecule has 4 heteroatoms. The molecule has 0 aromatic carbocycles. The van der Waals surface area contributed by atoms with E-state index in [0.29, 0.717) is 12.1 Å². The van der Waals surface area contributed by atoms with Gasteiger partial charge in [0.15, 0.2) is 0 Å². The summed E-state index contributed by atoms with van der Waals surface area (Å²) in [5, 5.41) is 3.80. The van der Waals surface area contributed by atoms with Crippen LogP contribution in [0.4, 0.5) is 0 Å². The molecule has 3 heterocycles. The highest BCUT2D eigenvalue weighted by Gasteiger charge is 2.25. The fourth-order valence-electron chi connectivity index (χ4n) is 3.61. The third kappa shape index (κ3) is 4.09. The number of rotatable bonds is 5. The van der Waals surface area contributed by atoms with Gasteiger partial charge in [0.1, 0.15) is 5.76 Å². The number of furan rings is 1. The molecule has 1 N–H and O–H groups in total. The largest absolute Gasteiger partial charge is 0.468 e. The van der Waals surface area contributed by atoms with Crippen LogP contribution in [0.5, 0.6) is 0 Å². The summed E-state index contributed by atoms with van der Waals surface area (Å²) in [7, 11) is 2.22. The van der Waals surface area contributed by atoms with Crippen LogP contribution in [-0.2, 0) is 0 Å². The summed E-state index contributed by atoms with van der Waals surface area (Å²) in [6, 6.07) is 5.22. The third-order valence-corrected chi connectivity index (χ3v) is 5.02. The van der Waals surface area contributed by atoms with Crippen LogP contribution in [0, 0.1) is 0 Å². The highest BCUT2D eigenvalue weighted by Crippen LogP contribution is 2.25. The first kappa shape index (κ1) is 15.1. The number of piperidine rings is 2. The van der Waals surface area contributed by atoms with Gasteiger partial charge in [-0.3, -0.25) is 4.90 Å². The Morgan fingerprint density at radius 3 is 2.62 bits per heavy atom. The first-order valence-electron chi connectivity index (χ1n) is 8.52. The molecule has 0 bridgehead atoms. The van der Waals surface area contributed by atoms with Crippen molar-refractivity contribution in [1.29, 1.82) is 0 Å². The molecular formula is C17H29N3O. The standard InChI is InChI=1S/C17H29N3O/c1-19-11-7-15(8-12-19)18-14-16(17-6-5-13-21-17)20-9-3-2-4-10-20/h5-6,13,15-16,18H,2-4,7-12,14H2,1H3. The van der Waals surface area contributed by atoms with Gasteiger partial charge in [0.25, 0.3) is 0 Å². The van der Waals surface area contributed by atoms with Gasteiger partial charge in [-0.2, -0.15) is 0 Å². The molecule has 2 saturated heterocycles. The van der Waals surface area contributed by atoms with Gasteiger partial charge in [-0.15, -0.1) is 0 Å². The first-order chi connectivity index (χ1) is 10.3. The van der Waals surface area contributed by atoms with Crippen molar-refractivity contribution >= 4 is 0 Å².